The fourth-order valence-electron chi connectivity index (χ4n) is 0.919. The topological polar surface area (TPSA) is 43.4 Å². The van der Waals surface area contributed by atoms with E-state index in [1.165, 1.54) is 0 Å². The summed E-state index contributed by atoms with van der Waals surface area (Å²) in [6, 6.07) is 0. The average Bonchev–Trinajstić information content (AvgIpc) is 2.11. The molecule has 1 aliphatic heterocycles. The second kappa shape index (κ2) is 2.62. The number of Topliss-reactive ketones (excluding diaryl/α,β-unsaturated/α-hetero) is 1. The lowest BCUT2D eigenvalue weighted by Crippen LogP contribution is -2.23. The van der Waals surface area contributed by atoms with E-state index in [1.807, 2.05) is 0 Å². The van der Waals surface area contributed by atoms with E-state index in [4.69, 9.17) is 0 Å². The zero-order valence-electron chi connectivity index (χ0n) is 5.53. The number of rotatable bonds is 1. The van der Waals surface area contributed by atoms with Gasteiger partial charge < -0.3 is 4.74 Å². The van der Waals surface area contributed by atoms with E-state index in [0.717, 1.165) is 0 Å². The van der Waals surface area contributed by atoms with Gasteiger partial charge in [0.15, 0.2) is 12.4 Å². The number of esters is 1. The van der Waals surface area contributed by atoms with Crippen molar-refractivity contribution in [1.82, 2.24) is 0 Å². The van der Waals surface area contributed by atoms with Crippen LogP contribution in [-0.4, -0.2) is 23.6 Å². The molecule has 1 unspecified atom stereocenters. The van der Waals surface area contributed by atoms with Gasteiger partial charge in [0.05, 0.1) is 0 Å². The second-order valence-corrected chi connectivity index (χ2v) is 3.11. The predicted octanol–water partition coefficient (Wildman–Crippen LogP) is 0.0468. The molecule has 0 aromatic rings. The van der Waals surface area contributed by atoms with Crippen molar-refractivity contribution < 1.29 is 14.3 Å². The number of ketones is 1. The fourth-order valence-corrected chi connectivity index (χ4v) is 1.21. The molecule has 0 bridgehead atoms. The minimum absolute atomic E-state index is 0.0750. The van der Waals surface area contributed by atoms with Gasteiger partial charge in [-0.1, -0.05) is 6.92 Å². The van der Waals surface area contributed by atoms with Gasteiger partial charge in [-0.05, 0) is 0 Å². The molecular formula is C6H8O3S. The lowest BCUT2D eigenvalue weighted by Gasteiger charge is -2.05. The summed E-state index contributed by atoms with van der Waals surface area (Å²) in [4.78, 5) is 21.6. The highest BCUT2D eigenvalue weighted by Crippen LogP contribution is 2.18. The molecule has 4 heteroatoms. The van der Waals surface area contributed by atoms with Crippen LogP contribution >= 0.6 is 12.6 Å². The van der Waals surface area contributed by atoms with Crippen molar-refractivity contribution in [1.29, 1.82) is 0 Å². The van der Waals surface area contributed by atoms with Crippen LogP contribution in [0.15, 0.2) is 0 Å². The molecule has 1 heterocycles. The summed E-state index contributed by atoms with van der Waals surface area (Å²) >= 11 is 3.99. The van der Waals surface area contributed by atoms with Crippen LogP contribution in [0.1, 0.15) is 6.92 Å². The number of thiol groups is 1. The van der Waals surface area contributed by atoms with Crippen molar-refractivity contribution in [3.05, 3.63) is 0 Å². The Morgan fingerprint density at radius 3 is 2.50 bits per heavy atom. The molecule has 0 aliphatic carbocycles. The monoisotopic (exact) mass is 160 g/mol. The molecule has 0 aromatic heterocycles. The number of hydrogen-bond acceptors (Lipinski definition) is 4. The zero-order valence-corrected chi connectivity index (χ0v) is 6.43. The molecule has 1 saturated heterocycles. The Morgan fingerprint density at radius 2 is 2.30 bits per heavy atom. The predicted molar refractivity (Wildman–Crippen MR) is 37.9 cm³/mol. The molecule has 2 atom stereocenters. The normalized spacial score (nSPS) is 28.4. The molecule has 0 spiro atoms. The fraction of sp³-hybridized carbons (Fsp3) is 0.667. The number of carbonyl (C=O) groups excluding carboxylic acids is 2. The van der Waals surface area contributed by atoms with Crippen molar-refractivity contribution in [2.75, 3.05) is 6.61 Å². The third-order valence-electron chi connectivity index (χ3n) is 1.44. The first kappa shape index (κ1) is 7.60. The minimum atomic E-state index is -0.636. The highest BCUT2D eigenvalue weighted by molar-refractivity contribution is 7.81. The van der Waals surface area contributed by atoms with Gasteiger partial charge in [-0.2, -0.15) is 12.6 Å². The molecule has 1 fully saturated rings. The van der Waals surface area contributed by atoms with Gasteiger partial charge >= 0.3 is 5.97 Å². The summed E-state index contributed by atoms with van der Waals surface area (Å²) < 4.78 is 4.50. The van der Waals surface area contributed by atoms with Gasteiger partial charge in [0.2, 0.25) is 0 Å². The smallest absolute Gasteiger partial charge is 0.318 e. The summed E-state index contributed by atoms with van der Waals surface area (Å²) in [6.07, 6.45) is 0. The maximum atomic E-state index is 10.8. The lowest BCUT2D eigenvalue weighted by atomic mass is 10.0. The number of hydrogen-bond donors (Lipinski definition) is 1. The van der Waals surface area contributed by atoms with Crippen LogP contribution in [0.3, 0.4) is 0 Å². The molecule has 0 N–H and O–H groups in total. The summed E-state index contributed by atoms with van der Waals surface area (Å²) in [5, 5.41) is -0.234. The van der Waals surface area contributed by atoms with Gasteiger partial charge in [0, 0.05) is 5.25 Å². The molecule has 0 radical (unpaired) electrons. The van der Waals surface area contributed by atoms with Crippen LogP contribution in [-0.2, 0) is 14.3 Å². The molecule has 56 valence electrons. The van der Waals surface area contributed by atoms with E-state index in [2.05, 4.69) is 17.4 Å². The standard InChI is InChI=1S/C6H8O3S/c1-3(10)5-4(7)2-9-6(5)8/h3,5,10H,2H2,1H3/t3-,5?/m1/s1. The SMILES string of the molecule is C[C@@H](S)C1C(=O)COC1=O. The van der Waals surface area contributed by atoms with E-state index >= 15 is 0 Å². The molecule has 10 heavy (non-hydrogen) atoms. The highest BCUT2D eigenvalue weighted by atomic mass is 32.1. The Balaban J connectivity index is 2.72. The Morgan fingerprint density at radius 1 is 1.70 bits per heavy atom. The van der Waals surface area contributed by atoms with Crippen molar-refractivity contribution in [3.63, 3.8) is 0 Å². The van der Waals surface area contributed by atoms with Crippen molar-refractivity contribution >= 4 is 24.4 Å². The van der Waals surface area contributed by atoms with E-state index in [-0.39, 0.29) is 17.6 Å². The third kappa shape index (κ3) is 1.16. The number of ether oxygens (including phenoxy) is 1. The third-order valence-corrected chi connectivity index (χ3v) is 1.74. The Labute approximate surface area is 64.1 Å². The summed E-state index contributed by atoms with van der Waals surface area (Å²) in [7, 11) is 0. The van der Waals surface area contributed by atoms with Crippen LogP contribution in [0.2, 0.25) is 0 Å². The summed E-state index contributed by atoms with van der Waals surface area (Å²) in [5.74, 6) is -1.23. The molecule has 0 aromatic carbocycles. The lowest BCUT2D eigenvalue weighted by molar-refractivity contribution is -0.141. The minimum Gasteiger partial charge on any atom is -0.457 e. The van der Waals surface area contributed by atoms with Crippen LogP contribution in [0.25, 0.3) is 0 Å². The first-order valence-corrected chi connectivity index (χ1v) is 3.52. The number of carbonyl (C=O) groups is 2. The molecule has 1 rings (SSSR count). The molecule has 1 aliphatic rings. The van der Waals surface area contributed by atoms with Crippen molar-refractivity contribution in [2.45, 2.75) is 12.2 Å². The van der Waals surface area contributed by atoms with E-state index in [0.29, 0.717) is 0 Å². The zero-order chi connectivity index (χ0) is 7.72. The second-order valence-electron chi connectivity index (χ2n) is 2.29. The van der Waals surface area contributed by atoms with Gasteiger partial charge in [-0.25, -0.2) is 0 Å². The summed E-state index contributed by atoms with van der Waals surface area (Å²) in [6.45, 7) is 1.63. The van der Waals surface area contributed by atoms with Crippen molar-refractivity contribution in [3.8, 4) is 0 Å². The maximum Gasteiger partial charge on any atom is 0.318 e. The largest absolute Gasteiger partial charge is 0.457 e. The molecular weight excluding hydrogens is 152 g/mol. The van der Waals surface area contributed by atoms with Crippen LogP contribution in [0.5, 0.6) is 0 Å². The van der Waals surface area contributed by atoms with Gasteiger partial charge in [-0.3, -0.25) is 9.59 Å². The molecule has 0 amide bonds. The number of cyclic esters (lactones) is 1. The van der Waals surface area contributed by atoms with Gasteiger partial charge in [0.25, 0.3) is 0 Å². The van der Waals surface area contributed by atoms with Crippen molar-refractivity contribution in [2.24, 2.45) is 5.92 Å². The van der Waals surface area contributed by atoms with Gasteiger partial charge in [0.1, 0.15) is 5.92 Å². The Hall–Kier alpha value is -0.510. The Kier molecular flexibility index (Phi) is 1.99. The average molecular weight is 160 g/mol. The summed E-state index contributed by atoms with van der Waals surface area (Å²) in [5.41, 5.74) is 0. The van der Waals surface area contributed by atoms with Crippen LogP contribution in [0, 0.1) is 5.92 Å². The van der Waals surface area contributed by atoms with E-state index in [9.17, 15) is 9.59 Å². The first-order valence-electron chi connectivity index (χ1n) is 3.00. The van der Waals surface area contributed by atoms with E-state index < -0.39 is 11.9 Å². The molecule has 3 nitrogen and oxygen atoms in total. The quantitative estimate of drug-likeness (QED) is 0.335. The Bertz CT molecular complexity index is 160. The molecule has 0 saturated carbocycles. The van der Waals surface area contributed by atoms with Crippen LogP contribution < -0.4 is 0 Å². The maximum absolute atomic E-state index is 10.8. The van der Waals surface area contributed by atoms with E-state index in [1.54, 1.807) is 6.92 Å². The van der Waals surface area contributed by atoms with Crippen LogP contribution in [0.4, 0.5) is 0 Å². The highest BCUT2D eigenvalue weighted by Gasteiger charge is 2.37. The van der Waals surface area contributed by atoms with Gasteiger partial charge in [-0.15, -0.1) is 0 Å². The first-order chi connectivity index (χ1) is 4.63.